The summed E-state index contributed by atoms with van der Waals surface area (Å²) >= 11 is 8.06. The Hall–Kier alpha value is -1.17. The molecule has 3 rings (SSSR count). The molecule has 0 spiro atoms. The highest BCUT2D eigenvalue weighted by molar-refractivity contribution is 7.99. The van der Waals surface area contributed by atoms with Crippen molar-refractivity contribution in [2.45, 2.75) is 30.3 Å². The zero-order chi connectivity index (χ0) is 14.7. The topological polar surface area (TPSA) is 50.1 Å². The van der Waals surface area contributed by atoms with Crippen molar-refractivity contribution in [1.82, 2.24) is 9.78 Å². The second-order valence-corrected chi connectivity index (χ2v) is 6.66. The van der Waals surface area contributed by atoms with Crippen LogP contribution in [0.1, 0.15) is 24.4 Å². The van der Waals surface area contributed by atoms with Crippen LogP contribution >= 0.6 is 23.4 Å². The fourth-order valence-corrected chi connectivity index (χ4v) is 3.81. The summed E-state index contributed by atoms with van der Waals surface area (Å²) < 4.78 is 1.74. The van der Waals surface area contributed by atoms with Gasteiger partial charge in [0.25, 0.3) is 0 Å². The van der Waals surface area contributed by atoms with E-state index in [9.17, 15) is 0 Å². The molecule has 1 atom stereocenters. The molecule has 2 N–H and O–H groups in total. The number of rotatable bonds is 4. The van der Waals surface area contributed by atoms with Gasteiger partial charge in [0, 0.05) is 16.1 Å². The lowest BCUT2D eigenvalue weighted by atomic mass is 10.0. The number of aliphatic hydroxyl groups is 1. The van der Waals surface area contributed by atoms with Gasteiger partial charge in [-0.1, -0.05) is 11.6 Å². The molecule has 0 aliphatic carbocycles. The van der Waals surface area contributed by atoms with E-state index < -0.39 is 0 Å². The molecule has 0 saturated heterocycles. The van der Waals surface area contributed by atoms with Crippen molar-refractivity contribution < 1.29 is 5.11 Å². The van der Waals surface area contributed by atoms with Crippen molar-refractivity contribution in [2.75, 3.05) is 17.7 Å². The van der Waals surface area contributed by atoms with Crippen molar-refractivity contribution in [3.8, 4) is 0 Å². The van der Waals surface area contributed by atoms with Crippen LogP contribution < -0.4 is 5.32 Å². The van der Waals surface area contributed by atoms with Gasteiger partial charge in [-0.25, -0.2) is 0 Å². The Morgan fingerprint density at radius 1 is 1.48 bits per heavy atom. The number of hydrogen-bond acceptors (Lipinski definition) is 4. The van der Waals surface area contributed by atoms with Crippen LogP contribution in [0.25, 0.3) is 0 Å². The summed E-state index contributed by atoms with van der Waals surface area (Å²) in [6.45, 7) is 0.615. The first-order valence-corrected chi connectivity index (χ1v) is 8.45. The fraction of sp³-hybridized carbons (Fsp3) is 0.400. The number of benzene rings is 1. The number of thioether (sulfide) groups is 1. The molecule has 1 aromatic heterocycles. The molecule has 0 fully saturated rings. The van der Waals surface area contributed by atoms with E-state index in [1.165, 1.54) is 16.9 Å². The van der Waals surface area contributed by atoms with Gasteiger partial charge < -0.3 is 10.4 Å². The van der Waals surface area contributed by atoms with E-state index in [4.69, 9.17) is 16.7 Å². The van der Waals surface area contributed by atoms with Crippen molar-refractivity contribution in [2.24, 2.45) is 0 Å². The number of aliphatic hydroxyl groups excluding tert-OH is 1. The van der Waals surface area contributed by atoms with E-state index in [1.807, 2.05) is 24.0 Å². The molecule has 2 heterocycles. The fourth-order valence-electron chi connectivity index (χ4n) is 2.56. The summed E-state index contributed by atoms with van der Waals surface area (Å²) in [5.41, 5.74) is 2.24. The zero-order valence-corrected chi connectivity index (χ0v) is 13.2. The van der Waals surface area contributed by atoms with Crippen molar-refractivity contribution in [3.05, 3.63) is 41.2 Å². The predicted molar refractivity (Wildman–Crippen MR) is 87.1 cm³/mol. The Kier molecular flexibility index (Phi) is 4.73. The minimum atomic E-state index is 0.0969. The van der Waals surface area contributed by atoms with E-state index in [0.717, 1.165) is 22.9 Å². The molecular weight excluding hydrogens is 306 g/mol. The second kappa shape index (κ2) is 6.73. The minimum Gasteiger partial charge on any atom is -0.394 e. The van der Waals surface area contributed by atoms with Crippen LogP contribution in [0.4, 0.5) is 5.69 Å². The van der Waals surface area contributed by atoms with Crippen LogP contribution in [0.3, 0.4) is 0 Å². The van der Waals surface area contributed by atoms with Gasteiger partial charge in [0.1, 0.15) is 0 Å². The van der Waals surface area contributed by atoms with Crippen LogP contribution in [-0.2, 0) is 6.54 Å². The van der Waals surface area contributed by atoms with Gasteiger partial charge in [0.05, 0.1) is 31.1 Å². The van der Waals surface area contributed by atoms with Crippen molar-refractivity contribution in [1.29, 1.82) is 0 Å². The summed E-state index contributed by atoms with van der Waals surface area (Å²) in [5.74, 6) is 1.14. The summed E-state index contributed by atoms with van der Waals surface area (Å²) in [7, 11) is 0. The summed E-state index contributed by atoms with van der Waals surface area (Å²) in [5, 5.41) is 17.5. The molecule has 1 unspecified atom stereocenters. The van der Waals surface area contributed by atoms with E-state index in [0.29, 0.717) is 6.54 Å². The average Bonchev–Trinajstić information content (AvgIpc) is 2.81. The molecule has 0 bridgehead atoms. The number of fused-ring (bicyclic) bond motifs is 1. The molecular formula is C15H18ClN3OS. The maximum absolute atomic E-state index is 8.95. The van der Waals surface area contributed by atoms with E-state index in [1.54, 1.807) is 10.9 Å². The molecule has 21 heavy (non-hydrogen) atoms. The standard InChI is InChI=1S/C15H18ClN3OS/c16-11-3-4-15-13(8-11)14(2-1-7-21-15)18-12-9-17-19(10-12)5-6-20/h3-4,8-10,14,18,20H,1-2,5-7H2. The molecule has 6 heteroatoms. The molecule has 4 nitrogen and oxygen atoms in total. The third-order valence-electron chi connectivity index (χ3n) is 3.55. The number of nitrogens with zero attached hydrogens (tertiary/aromatic N) is 2. The highest BCUT2D eigenvalue weighted by atomic mass is 35.5. The van der Waals surface area contributed by atoms with Gasteiger partial charge in [-0.05, 0) is 42.4 Å². The Morgan fingerprint density at radius 3 is 3.24 bits per heavy atom. The van der Waals surface area contributed by atoms with E-state index in [2.05, 4.69) is 22.5 Å². The number of hydrogen-bond donors (Lipinski definition) is 2. The van der Waals surface area contributed by atoms with E-state index >= 15 is 0 Å². The maximum atomic E-state index is 8.95. The lowest BCUT2D eigenvalue weighted by Gasteiger charge is -2.19. The SMILES string of the molecule is OCCn1cc(NC2CCCSc3ccc(Cl)cc32)cn1. The average molecular weight is 324 g/mol. The Morgan fingerprint density at radius 2 is 2.38 bits per heavy atom. The van der Waals surface area contributed by atoms with Crippen molar-refractivity contribution in [3.63, 3.8) is 0 Å². The Bertz CT molecular complexity index is 617. The zero-order valence-electron chi connectivity index (χ0n) is 11.6. The van der Waals surface area contributed by atoms with Gasteiger partial charge in [0.15, 0.2) is 0 Å². The van der Waals surface area contributed by atoms with Gasteiger partial charge in [-0.2, -0.15) is 5.10 Å². The summed E-state index contributed by atoms with van der Waals surface area (Å²) in [4.78, 5) is 1.30. The number of halogens is 1. The van der Waals surface area contributed by atoms with Gasteiger partial charge in [0.2, 0.25) is 0 Å². The third kappa shape index (κ3) is 3.54. The van der Waals surface area contributed by atoms with Gasteiger partial charge in [-0.3, -0.25) is 4.68 Å². The first-order chi connectivity index (χ1) is 10.3. The van der Waals surface area contributed by atoms with Crippen LogP contribution in [0, 0.1) is 0 Å². The van der Waals surface area contributed by atoms with Crippen LogP contribution in [0.2, 0.25) is 5.02 Å². The van der Waals surface area contributed by atoms with Crippen molar-refractivity contribution >= 4 is 29.1 Å². The first-order valence-electron chi connectivity index (χ1n) is 7.08. The third-order valence-corrected chi connectivity index (χ3v) is 4.96. The molecule has 1 aliphatic rings. The quantitative estimate of drug-likeness (QED) is 0.903. The maximum Gasteiger partial charge on any atom is 0.0731 e. The van der Waals surface area contributed by atoms with Crippen LogP contribution in [0.15, 0.2) is 35.5 Å². The van der Waals surface area contributed by atoms with Gasteiger partial charge in [-0.15, -0.1) is 11.8 Å². The highest BCUT2D eigenvalue weighted by Gasteiger charge is 2.19. The largest absolute Gasteiger partial charge is 0.394 e. The Balaban J connectivity index is 1.82. The first kappa shape index (κ1) is 14.8. The number of nitrogens with one attached hydrogen (secondary N) is 1. The lowest BCUT2D eigenvalue weighted by Crippen LogP contribution is -2.10. The minimum absolute atomic E-state index is 0.0969. The lowest BCUT2D eigenvalue weighted by molar-refractivity contribution is 0.269. The molecule has 0 saturated carbocycles. The molecule has 0 radical (unpaired) electrons. The number of aromatic nitrogens is 2. The highest BCUT2D eigenvalue weighted by Crippen LogP contribution is 2.37. The molecule has 0 amide bonds. The monoisotopic (exact) mass is 323 g/mol. The smallest absolute Gasteiger partial charge is 0.0731 e. The molecule has 2 aromatic rings. The summed E-state index contributed by atoms with van der Waals surface area (Å²) in [6, 6.07) is 6.37. The summed E-state index contributed by atoms with van der Waals surface area (Å²) in [6.07, 6.45) is 5.97. The number of anilines is 1. The molecule has 1 aromatic carbocycles. The van der Waals surface area contributed by atoms with Crippen LogP contribution in [-0.4, -0.2) is 27.2 Å². The second-order valence-electron chi connectivity index (χ2n) is 5.09. The Labute approximate surface area is 133 Å². The predicted octanol–water partition coefficient (Wildman–Crippen LogP) is 3.57. The van der Waals surface area contributed by atoms with Gasteiger partial charge >= 0.3 is 0 Å². The molecule has 1 aliphatic heterocycles. The van der Waals surface area contributed by atoms with Crippen LogP contribution in [0.5, 0.6) is 0 Å². The normalized spacial score (nSPS) is 18.1. The van der Waals surface area contributed by atoms with E-state index in [-0.39, 0.29) is 12.6 Å². The molecule has 112 valence electrons.